The molecule has 0 aromatic carbocycles. The summed E-state index contributed by atoms with van der Waals surface area (Å²) in [5.74, 6) is -1.21. The van der Waals surface area contributed by atoms with Crippen LogP contribution in [0.1, 0.15) is 72.6 Å². The third kappa shape index (κ3) is 11.1. The molecule has 150 valence electrons. The molecule has 1 aliphatic heterocycles. The first-order valence-electron chi connectivity index (χ1n) is 8.95. The molecular formula is C18H36LiNO6. The Bertz CT molecular complexity index is 400. The van der Waals surface area contributed by atoms with Crippen LogP contribution in [0, 0.1) is 11.8 Å². The predicted octanol–water partition coefficient (Wildman–Crippen LogP) is 0.307. The number of amides is 1. The summed E-state index contributed by atoms with van der Waals surface area (Å²) in [6.07, 6.45) is 7.65. The van der Waals surface area contributed by atoms with Gasteiger partial charge < -0.3 is 25.7 Å². The Morgan fingerprint density at radius 1 is 1.08 bits per heavy atom. The first kappa shape index (κ1) is 30.0. The maximum atomic E-state index is 12.1. The molecule has 0 saturated carbocycles. The van der Waals surface area contributed by atoms with Gasteiger partial charge in [0.25, 0.3) is 0 Å². The van der Waals surface area contributed by atoms with E-state index in [0.29, 0.717) is 6.54 Å². The topological polar surface area (TPSA) is 128 Å². The Balaban J connectivity index is -0.00000176. The Hall–Kier alpha value is -0.743. The van der Waals surface area contributed by atoms with E-state index in [9.17, 15) is 14.7 Å². The summed E-state index contributed by atoms with van der Waals surface area (Å²) in [5.41, 5.74) is -0.548. The summed E-state index contributed by atoms with van der Waals surface area (Å²) in [5, 5.41) is 9.41. The summed E-state index contributed by atoms with van der Waals surface area (Å²) in [7, 11) is 0. The second-order valence-corrected chi connectivity index (χ2v) is 7.65. The molecule has 0 unspecified atom stereocenters. The second kappa shape index (κ2) is 14.3. The average molecular weight is 369 g/mol. The summed E-state index contributed by atoms with van der Waals surface area (Å²) < 4.78 is 5.36. The van der Waals surface area contributed by atoms with E-state index >= 15 is 0 Å². The summed E-state index contributed by atoms with van der Waals surface area (Å²) >= 11 is 0. The third-order valence-electron chi connectivity index (χ3n) is 4.34. The van der Waals surface area contributed by atoms with Crippen molar-refractivity contribution < 1.29 is 49.2 Å². The monoisotopic (exact) mass is 369 g/mol. The van der Waals surface area contributed by atoms with Crippen LogP contribution in [0.3, 0.4) is 0 Å². The second-order valence-electron chi connectivity index (χ2n) is 7.65. The van der Waals surface area contributed by atoms with E-state index in [1.54, 1.807) is 4.90 Å². The van der Waals surface area contributed by atoms with Crippen molar-refractivity contribution in [1.82, 2.24) is 4.90 Å². The van der Waals surface area contributed by atoms with Crippen molar-refractivity contribution in [2.45, 2.75) is 78.2 Å². The van der Waals surface area contributed by atoms with E-state index in [4.69, 9.17) is 4.74 Å². The van der Waals surface area contributed by atoms with Crippen LogP contribution in [0.25, 0.3) is 0 Å². The fourth-order valence-electron chi connectivity index (χ4n) is 3.11. The zero-order chi connectivity index (χ0) is 17.5. The van der Waals surface area contributed by atoms with Gasteiger partial charge in [-0.05, 0) is 33.1 Å². The minimum Gasteiger partial charge on any atom is -0.870 e. The molecule has 0 aliphatic carbocycles. The van der Waals surface area contributed by atoms with E-state index in [-0.39, 0.29) is 42.3 Å². The molecule has 7 nitrogen and oxygen atoms in total. The van der Waals surface area contributed by atoms with Crippen LogP contribution in [0.15, 0.2) is 0 Å². The van der Waals surface area contributed by atoms with Gasteiger partial charge in [-0.1, -0.05) is 45.4 Å². The fourth-order valence-corrected chi connectivity index (χ4v) is 3.11. The zero-order valence-corrected chi connectivity index (χ0v) is 17.1. The number of hydrogen-bond acceptors (Lipinski definition) is 4. The van der Waals surface area contributed by atoms with Gasteiger partial charge in [0.1, 0.15) is 5.60 Å². The molecule has 1 heterocycles. The number of carboxylic acids is 1. The molecule has 4 N–H and O–H groups in total. The minimum atomic E-state index is -0.799. The van der Waals surface area contributed by atoms with Crippen LogP contribution in [0.4, 0.5) is 4.79 Å². The molecule has 0 bridgehead atoms. The molecule has 1 saturated heterocycles. The number of ether oxygens (including phenoxy) is 1. The number of nitrogens with zero attached hydrogens (tertiary/aromatic N) is 1. The van der Waals surface area contributed by atoms with Crippen LogP contribution in [0.5, 0.6) is 0 Å². The van der Waals surface area contributed by atoms with Crippen molar-refractivity contribution in [2.24, 2.45) is 11.8 Å². The number of unbranched alkanes of at least 4 members (excludes halogenated alkanes) is 5. The fraction of sp³-hybridized carbons (Fsp3) is 0.889. The van der Waals surface area contributed by atoms with Crippen molar-refractivity contribution >= 4 is 12.1 Å². The van der Waals surface area contributed by atoms with Crippen LogP contribution < -0.4 is 18.9 Å². The first-order valence-corrected chi connectivity index (χ1v) is 8.95. The van der Waals surface area contributed by atoms with Crippen molar-refractivity contribution in [3.8, 4) is 0 Å². The van der Waals surface area contributed by atoms with Gasteiger partial charge in [-0.15, -0.1) is 0 Å². The van der Waals surface area contributed by atoms with E-state index < -0.39 is 23.6 Å². The maximum Gasteiger partial charge on any atom is 1.00 e. The van der Waals surface area contributed by atoms with Gasteiger partial charge in [-0.2, -0.15) is 0 Å². The molecule has 1 fully saturated rings. The molecule has 1 rings (SSSR count). The summed E-state index contributed by atoms with van der Waals surface area (Å²) in [4.78, 5) is 25.2. The van der Waals surface area contributed by atoms with Gasteiger partial charge in [0.05, 0.1) is 5.92 Å². The first-order chi connectivity index (χ1) is 10.7. The smallest absolute Gasteiger partial charge is 0.870 e. The largest absolute Gasteiger partial charge is 1.00 e. The van der Waals surface area contributed by atoms with Gasteiger partial charge in [-0.3, -0.25) is 4.79 Å². The molecule has 1 amide bonds. The number of rotatable bonds is 8. The molecular weight excluding hydrogens is 333 g/mol. The van der Waals surface area contributed by atoms with E-state index in [0.717, 1.165) is 19.3 Å². The van der Waals surface area contributed by atoms with Crippen molar-refractivity contribution in [1.29, 1.82) is 0 Å². The number of likely N-dealkylation sites (tertiary alicyclic amines) is 1. The maximum absolute atomic E-state index is 12.1. The molecule has 26 heavy (non-hydrogen) atoms. The number of carbonyl (C=O) groups excluding carboxylic acids is 1. The summed E-state index contributed by atoms with van der Waals surface area (Å²) in [6, 6.07) is 0. The van der Waals surface area contributed by atoms with Crippen molar-refractivity contribution in [2.75, 3.05) is 13.1 Å². The van der Waals surface area contributed by atoms with Crippen molar-refractivity contribution in [3.05, 3.63) is 0 Å². The Kier molecular flexibility index (Phi) is 16.5. The molecule has 8 heteroatoms. The van der Waals surface area contributed by atoms with Gasteiger partial charge in [-0.25, -0.2) is 4.79 Å². The van der Waals surface area contributed by atoms with E-state index in [2.05, 4.69) is 6.92 Å². The van der Waals surface area contributed by atoms with Gasteiger partial charge in [0, 0.05) is 13.1 Å². The standard InChI is InChI=1S/C18H33NO4.Li.2H2O/c1-5-6-7-8-9-10-11-14-12-19(13-15(14)16(20)21)17(22)23-18(2,3)4;;;/h14-15H,5-13H2,1-4H3,(H,20,21);;2*1H2/q;+1;;/p-1/t14-,15-;;;/m1.../s1. The van der Waals surface area contributed by atoms with Crippen LogP contribution in [-0.2, 0) is 9.53 Å². The zero-order valence-electron chi connectivity index (χ0n) is 17.1. The normalized spacial score (nSPS) is 19.0. The Morgan fingerprint density at radius 2 is 1.62 bits per heavy atom. The molecule has 0 spiro atoms. The van der Waals surface area contributed by atoms with E-state index in [1.165, 1.54) is 25.7 Å². The number of carboxylic acid groups (broad SMARTS) is 1. The molecule has 2 atom stereocenters. The summed E-state index contributed by atoms with van der Waals surface area (Å²) in [6.45, 7) is 8.43. The molecule has 1 aliphatic rings. The minimum absolute atomic E-state index is 0. The van der Waals surface area contributed by atoms with Crippen LogP contribution in [0.2, 0.25) is 0 Å². The number of hydrogen-bond donors (Lipinski definition) is 1. The van der Waals surface area contributed by atoms with Crippen LogP contribution >= 0.6 is 0 Å². The van der Waals surface area contributed by atoms with Gasteiger partial charge in [0.2, 0.25) is 0 Å². The Labute approximate surface area is 169 Å². The third-order valence-corrected chi connectivity index (χ3v) is 4.34. The number of aliphatic carboxylic acids is 1. The quantitative estimate of drug-likeness (QED) is 0.486. The van der Waals surface area contributed by atoms with Crippen molar-refractivity contribution in [3.63, 3.8) is 0 Å². The van der Waals surface area contributed by atoms with Crippen LogP contribution in [-0.4, -0.2) is 51.7 Å². The SMILES string of the molecule is CCCCCCCC[C@@H]1CN(C(=O)OC(C)(C)C)C[C@H]1C(=O)O.O.[Li+].[OH-]. The van der Waals surface area contributed by atoms with Gasteiger partial charge >= 0.3 is 30.9 Å². The van der Waals surface area contributed by atoms with E-state index in [1.807, 2.05) is 20.8 Å². The van der Waals surface area contributed by atoms with Gasteiger partial charge in [0.15, 0.2) is 0 Å². The number of carbonyl (C=O) groups is 2. The average Bonchev–Trinajstić information content (AvgIpc) is 2.85. The molecule has 0 radical (unpaired) electrons. The Morgan fingerprint density at radius 3 is 2.12 bits per heavy atom. The molecule has 0 aromatic heterocycles. The molecule has 0 aromatic rings. The predicted molar refractivity (Wildman–Crippen MR) is 96.0 cm³/mol.